The zero-order valence-corrected chi connectivity index (χ0v) is 12.8. The Kier molecular flexibility index (Phi) is 5.58. The first kappa shape index (κ1) is 15.2. The summed E-state index contributed by atoms with van der Waals surface area (Å²) in [5.41, 5.74) is -0.648. The van der Waals surface area contributed by atoms with E-state index >= 15 is 0 Å². The van der Waals surface area contributed by atoms with Crippen molar-refractivity contribution < 1.29 is 9.90 Å². The van der Waals surface area contributed by atoms with E-state index in [9.17, 15) is 9.90 Å². The van der Waals surface area contributed by atoms with Crippen molar-refractivity contribution in [2.24, 2.45) is 0 Å². The predicted octanol–water partition coefficient (Wildman–Crippen LogP) is 3.43. The predicted molar refractivity (Wildman–Crippen MR) is 80.8 cm³/mol. The van der Waals surface area contributed by atoms with Crippen molar-refractivity contribution in [3.63, 3.8) is 0 Å². The molecule has 2 unspecified atom stereocenters. The molecule has 4 heteroatoms. The molecule has 0 heterocycles. The van der Waals surface area contributed by atoms with Gasteiger partial charge in [-0.3, -0.25) is 4.79 Å². The molecule has 0 bridgehead atoms. The van der Waals surface area contributed by atoms with Crippen LogP contribution >= 0.6 is 11.8 Å². The van der Waals surface area contributed by atoms with Crippen LogP contribution in [0.25, 0.3) is 0 Å². The summed E-state index contributed by atoms with van der Waals surface area (Å²) in [5, 5.41) is 14.3. The van der Waals surface area contributed by atoms with E-state index in [1.54, 1.807) is 0 Å². The summed E-state index contributed by atoms with van der Waals surface area (Å²) >= 11 is 2.08. The van der Waals surface area contributed by atoms with Crippen molar-refractivity contribution >= 4 is 17.7 Å². The summed E-state index contributed by atoms with van der Waals surface area (Å²) in [6.07, 6.45) is 10.2. The third-order valence-corrected chi connectivity index (χ3v) is 6.16. The van der Waals surface area contributed by atoms with Gasteiger partial charge in [0.2, 0.25) is 0 Å². The molecule has 2 N–H and O–H groups in total. The van der Waals surface area contributed by atoms with Gasteiger partial charge in [0.1, 0.15) is 5.54 Å². The van der Waals surface area contributed by atoms with Crippen LogP contribution in [-0.2, 0) is 4.79 Å². The average Bonchev–Trinajstić information content (AvgIpc) is 2.89. The lowest BCUT2D eigenvalue weighted by Crippen LogP contribution is -2.55. The highest BCUT2D eigenvalue weighted by Gasteiger charge is 2.43. The van der Waals surface area contributed by atoms with Gasteiger partial charge in [0.15, 0.2) is 0 Å². The van der Waals surface area contributed by atoms with Gasteiger partial charge in [-0.25, -0.2) is 0 Å². The minimum absolute atomic E-state index is 0.539. The first-order valence-corrected chi connectivity index (χ1v) is 8.74. The van der Waals surface area contributed by atoms with Gasteiger partial charge in [-0.05, 0) is 51.5 Å². The topological polar surface area (TPSA) is 49.3 Å². The lowest BCUT2D eigenvalue weighted by molar-refractivity contribution is -0.146. The van der Waals surface area contributed by atoms with Crippen LogP contribution in [0.15, 0.2) is 0 Å². The lowest BCUT2D eigenvalue weighted by Gasteiger charge is -2.39. The highest BCUT2D eigenvalue weighted by Crippen LogP contribution is 2.41. The molecule has 0 aliphatic heterocycles. The highest BCUT2D eigenvalue weighted by atomic mass is 32.2. The normalized spacial score (nSPS) is 32.6. The molecule has 2 fully saturated rings. The average molecular weight is 285 g/mol. The maximum atomic E-state index is 11.7. The van der Waals surface area contributed by atoms with Crippen molar-refractivity contribution in [3.8, 4) is 0 Å². The molecule has 0 aromatic carbocycles. The Morgan fingerprint density at radius 2 is 1.95 bits per heavy atom. The van der Waals surface area contributed by atoms with Gasteiger partial charge in [-0.15, -0.1) is 0 Å². The molecule has 2 aliphatic carbocycles. The Balaban J connectivity index is 1.93. The third-order valence-electron chi connectivity index (χ3n) is 4.52. The largest absolute Gasteiger partial charge is 0.480 e. The molecule has 0 amide bonds. The molecule has 0 spiro atoms. The van der Waals surface area contributed by atoms with E-state index in [0.29, 0.717) is 5.25 Å². The molecular formula is C15H27NO2S. The Hall–Kier alpha value is -0.220. The van der Waals surface area contributed by atoms with Crippen LogP contribution in [-0.4, -0.2) is 33.7 Å². The van der Waals surface area contributed by atoms with E-state index in [1.165, 1.54) is 32.1 Å². The molecular weight excluding hydrogens is 258 g/mol. The summed E-state index contributed by atoms with van der Waals surface area (Å²) in [6, 6.07) is 0. The maximum absolute atomic E-state index is 11.7. The van der Waals surface area contributed by atoms with E-state index in [2.05, 4.69) is 24.0 Å². The number of carboxylic acids is 1. The van der Waals surface area contributed by atoms with Gasteiger partial charge < -0.3 is 10.4 Å². The minimum Gasteiger partial charge on any atom is -0.480 e. The van der Waals surface area contributed by atoms with E-state index in [0.717, 1.165) is 37.5 Å². The van der Waals surface area contributed by atoms with Crippen molar-refractivity contribution in [1.82, 2.24) is 5.32 Å². The van der Waals surface area contributed by atoms with Crippen LogP contribution in [0.1, 0.15) is 64.7 Å². The molecule has 19 heavy (non-hydrogen) atoms. The second-order valence-electron chi connectivity index (χ2n) is 6.07. The fraction of sp³-hybridized carbons (Fsp3) is 0.933. The van der Waals surface area contributed by atoms with Crippen molar-refractivity contribution in [2.45, 2.75) is 80.7 Å². The Morgan fingerprint density at radius 1 is 1.26 bits per heavy atom. The van der Waals surface area contributed by atoms with Gasteiger partial charge in [0.05, 0.1) is 0 Å². The smallest absolute Gasteiger partial charge is 0.323 e. The maximum Gasteiger partial charge on any atom is 0.323 e. The first-order valence-electron chi connectivity index (χ1n) is 7.80. The van der Waals surface area contributed by atoms with Crippen LogP contribution in [0, 0.1) is 0 Å². The SMILES string of the molecule is CCCNC1(C(=O)O)CCCC(SC2CCCC2)C1. The summed E-state index contributed by atoms with van der Waals surface area (Å²) in [6.45, 7) is 2.91. The number of thioether (sulfide) groups is 1. The van der Waals surface area contributed by atoms with E-state index in [4.69, 9.17) is 0 Å². The summed E-state index contributed by atoms with van der Waals surface area (Å²) in [7, 11) is 0. The Bertz CT molecular complexity index is 305. The molecule has 2 rings (SSSR count). The highest BCUT2D eigenvalue weighted by molar-refractivity contribution is 8.00. The summed E-state index contributed by atoms with van der Waals surface area (Å²) < 4.78 is 0. The van der Waals surface area contributed by atoms with Gasteiger partial charge in [0, 0.05) is 10.5 Å². The molecule has 2 aliphatic rings. The van der Waals surface area contributed by atoms with Crippen molar-refractivity contribution in [1.29, 1.82) is 0 Å². The second-order valence-corrected chi connectivity index (χ2v) is 7.68. The molecule has 0 radical (unpaired) electrons. The zero-order valence-electron chi connectivity index (χ0n) is 12.0. The van der Waals surface area contributed by atoms with Crippen LogP contribution in [0.4, 0.5) is 0 Å². The monoisotopic (exact) mass is 285 g/mol. The number of hydrogen-bond acceptors (Lipinski definition) is 3. The molecule has 0 saturated heterocycles. The van der Waals surface area contributed by atoms with E-state index < -0.39 is 11.5 Å². The standard InChI is InChI=1S/C15H27NO2S/c1-2-10-16-15(14(17)18)9-5-8-13(11-15)19-12-6-3-4-7-12/h12-13,16H,2-11H2,1H3,(H,17,18). The quantitative estimate of drug-likeness (QED) is 0.785. The molecule has 2 atom stereocenters. The summed E-state index contributed by atoms with van der Waals surface area (Å²) in [5.74, 6) is -0.641. The van der Waals surface area contributed by atoms with E-state index in [1.807, 2.05) is 0 Å². The number of nitrogens with one attached hydrogen (secondary N) is 1. The number of aliphatic carboxylic acids is 1. The Labute approximate surface area is 120 Å². The lowest BCUT2D eigenvalue weighted by atomic mass is 9.81. The molecule has 2 saturated carbocycles. The second kappa shape index (κ2) is 6.98. The van der Waals surface area contributed by atoms with Gasteiger partial charge >= 0.3 is 5.97 Å². The fourth-order valence-electron chi connectivity index (χ4n) is 3.43. The molecule has 110 valence electrons. The Morgan fingerprint density at radius 3 is 2.58 bits per heavy atom. The fourth-order valence-corrected chi connectivity index (χ4v) is 5.27. The number of rotatable bonds is 6. The van der Waals surface area contributed by atoms with Crippen LogP contribution in [0.2, 0.25) is 0 Å². The number of hydrogen-bond donors (Lipinski definition) is 2. The molecule has 3 nitrogen and oxygen atoms in total. The third kappa shape index (κ3) is 3.88. The minimum atomic E-state index is -0.648. The number of carboxylic acid groups (broad SMARTS) is 1. The molecule has 0 aromatic heterocycles. The zero-order chi connectivity index (χ0) is 13.7. The van der Waals surface area contributed by atoms with Crippen LogP contribution in [0.5, 0.6) is 0 Å². The van der Waals surface area contributed by atoms with E-state index in [-0.39, 0.29) is 0 Å². The summed E-state index contributed by atoms with van der Waals surface area (Å²) in [4.78, 5) is 11.7. The van der Waals surface area contributed by atoms with Gasteiger partial charge in [-0.1, -0.05) is 19.8 Å². The van der Waals surface area contributed by atoms with Crippen molar-refractivity contribution in [2.75, 3.05) is 6.54 Å². The number of carbonyl (C=O) groups is 1. The van der Waals surface area contributed by atoms with Crippen LogP contribution in [0.3, 0.4) is 0 Å². The first-order chi connectivity index (χ1) is 9.16. The van der Waals surface area contributed by atoms with Gasteiger partial charge in [-0.2, -0.15) is 11.8 Å². The van der Waals surface area contributed by atoms with Gasteiger partial charge in [0.25, 0.3) is 0 Å². The molecule has 0 aromatic rings. The van der Waals surface area contributed by atoms with Crippen LogP contribution < -0.4 is 5.32 Å². The van der Waals surface area contributed by atoms with Crippen molar-refractivity contribution in [3.05, 3.63) is 0 Å².